The van der Waals surface area contributed by atoms with Crippen molar-refractivity contribution in [2.75, 3.05) is 25.7 Å². The Morgan fingerprint density at radius 2 is 2.07 bits per heavy atom. The molecule has 0 fully saturated rings. The van der Waals surface area contributed by atoms with E-state index in [9.17, 15) is 4.79 Å². The van der Waals surface area contributed by atoms with Crippen LogP contribution in [0.2, 0.25) is 0 Å². The first-order valence-corrected chi connectivity index (χ1v) is 10.5. The van der Waals surface area contributed by atoms with Gasteiger partial charge in [-0.1, -0.05) is 11.1 Å². The largest absolute Gasteiger partial charge is 0.394 e. The molecule has 0 atom stereocenters. The molecule has 0 aliphatic rings. The van der Waals surface area contributed by atoms with Crippen molar-refractivity contribution in [3.05, 3.63) is 53.5 Å². The van der Waals surface area contributed by atoms with Crippen LogP contribution in [0.3, 0.4) is 0 Å². The standard InChI is InChI=1S/C20H18N4OS2/c1-24(2)19(25)17-10-15-16(27-17)8-7-12-11-21-20(23-18(12)15)22-13-5-4-6-14(9-13)26-3/h4-11H,1-3H3,(H,21,22,23)/p+1. The number of amides is 1. The maximum atomic E-state index is 12.3. The highest BCUT2D eigenvalue weighted by Gasteiger charge is 2.17. The van der Waals surface area contributed by atoms with E-state index in [0.29, 0.717) is 5.95 Å². The highest BCUT2D eigenvalue weighted by atomic mass is 32.2. The summed E-state index contributed by atoms with van der Waals surface area (Å²) in [6, 6.07) is 14.2. The molecular formula is C20H19N4OS2+. The van der Waals surface area contributed by atoms with Crippen LogP contribution in [0.5, 0.6) is 0 Å². The number of nitrogens with one attached hydrogen (secondary N) is 2. The third kappa shape index (κ3) is 3.48. The van der Waals surface area contributed by atoms with Gasteiger partial charge in [0.05, 0.1) is 11.1 Å². The third-order valence-corrected chi connectivity index (χ3v) is 6.05. The quantitative estimate of drug-likeness (QED) is 0.519. The van der Waals surface area contributed by atoms with Gasteiger partial charge in [0.25, 0.3) is 5.91 Å². The zero-order valence-electron chi connectivity index (χ0n) is 15.2. The molecule has 136 valence electrons. The Bertz CT molecular complexity index is 1150. The zero-order chi connectivity index (χ0) is 19.0. The predicted octanol–water partition coefficient (Wildman–Crippen LogP) is 4.43. The van der Waals surface area contributed by atoms with E-state index in [0.717, 1.165) is 31.6 Å². The number of nitrogens with zero attached hydrogens (tertiary/aromatic N) is 2. The van der Waals surface area contributed by atoms with Crippen molar-refractivity contribution in [3.8, 4) is 0 Å². The summed E-state index contributed by atoms with van der Waals surface area (Å²) in [5.41, 5.74) is 1.86. The highest BCUT2D eigenvalue weighted by Crippen LogP contribution is 2.31. The molecule has 0 bridgehead atoms. The molecule has 0 saturated carbocycles. The van der Waals surface area contributed by atoms with Crippen LogP contribution in [0.1, 0.15) is 9.67 Å². The van der Waals surface area contributed by atoms with E-state index in [1.165, 1.54) is 16.2 Å². The topological polar surface area (TPSA) is 59.4 Å². The molecule has 5 nitrogen and oxygen atoms in total. The van der Waals surface area contributed by atoms with E-state index in [1.54, 1.807) is 30.8 Å². The van der Waals surface area contributed by atoms with Crippen molar-refractivity contribution >= 4 is 61.6 Å². The second-order valence-corrected chi connectivity index (χ2v) is 8.29. The summed E-state index contributed by atoms with van der Waals surface area (Å²) < 4.78 is 1.06. The molecule has 0 radical (unpaired) electrons. The second-order valence-electron chi connectivity index (χ2n) is 6.33. The van der Waals surface area contributed by atoms with Gasteiger partial charge in [-0.25, -0.2) is 10.3 Å². The first kappa shape index (κ1) is 17.8. The van der Waals surface area contributed by atoms with Crippen molar-refractivity contribution < 1.29 is 9.78 Å². The van der Waals surface area contributed by atoms with E-state index in [-0.39, 0.29) is 5.91 Å². The van der Waals surface area contributed by atoms with Crippen molar-refractivity contribution in [3.63, 3.8) is 0 Å². The minimum absolute atomic E-state index is 0.0130. The van der Waals surface area contributed by atoms with Gasteiger partial charge in [-0.05, 0) is 42.7 Å². The molecule has 0 saturated heterocycles. The van der Waals surface area contributed by atoms with Crippen LogP contribution in [0.4, 0.5) is 11.6 Å². The molecule has 1 amide bonds. The van der Waals surface area contributed by atoms with Gasteiger partial charge >= 0.3 is 5.95 Å². The first-order valence-electron chi connectivity index (χ1n) is 8.43. The van der Waals surface area contributed by atoms with Crippen molar-refractivity contribution in [1.82, 2.24) is 9.88 Å². The summed E-state index contributed by atoms with van der Waals surface area (Å²) in [6.45, 7) is 0. The van der Waals surface area contributed by atoms with Crippen LogP contribution in [0, 0.1) is 0 Å². The van der Waals surface area contributed by atoms with Gasteiger partial charge in [-0.15, -0.1) is 23.1 Å². The molecule has 0 spiro atoms. The summed E-state index contributed by atoms with van der Waals surface area (Å²) in [4.78, 5) is 23.8. The summed E-state index contributed by atoms with van der Waals surface area (Å²) in [5, 5.41) is 5.34. The minimum Gasteiger partial charge on any atom is -0.344 e. The van der Waals surface area contributed by atoms with Gasteiger partial charge in [0.1, 0.15) is 5.69 Å². The van der Waals surface area contributed by atoms with Crippen molar-refractivity contribution in [2.45, 2.75) is 4.90 Å². The van der Waals surface area contributed by atoms with Crippen molar-refractivity contribution in [1.29, 1.82) is 0 Å². The number of carbonyl (C=O) groups is 1. The van der Waals surface area contributed by atoms with Gasteiger partial charge in [0.15, 0.2) is 5.52 Å². The zero-order valence-corrected chi connectivity index (χ0v) is 16.9. The van der Waals surface area contributed by atoms with Gasteiger partial charge in [0, 0.05) is 34.5 Å². The smallest absolute Gasteiger partial charge is 0.344 e. The number of hydrogen-bond donors (Lipinski definition) is 1. The normalized spacial score (nSPS) is 11.1. The maximum absolute atomic E-state index is 12.3. The van der Waals surface area contributed by atoms with E-state index in [4.69, 9.17) is 4.98 Å². The summed E-state index contributed by atoms with van der Waals surface area (Å²) in [7, 11) is 3.53. The minimum atomic E-state index is 0.0130. The number of carbonyl (C=O) groups excluding carboxylic acids is 1. The number of benzene rings is 2. The van der Waals surface area contributed by atoms with Crippen LogP contribution in [-0.2, 0) is 0 Å². The molecule has 4 aromatic rings. The summed E-state index contributed by atoms with van der Waals surface area (Å²) >= 11 is 3.20. The van der Waals surface area contributed by atoms with E-state index in [1.807, 2.05) is 36.5 Å². The monoisotopic (exact) mass is 395 g/mol. The van der Waals surface area contributed by atoms with Gasteiger partial charge in [-0.2, -0.15) is 0 Å². The van der Waals surface area contributed by atoms with Crippen LogP contribution >= 0.6 is 23.1 Å². The Morgan fingerprint density at radius 1 is 1.22 bits per heavy atom. The number of rotatable bonds is 4. The average molecular weight is 396 g/mol. The lowest BCUT2D eigenvalue weighted by Crippen LogP contribution is -2.20. The van der Waals surface area contributed by atoms with Crippen LogP contribution in [-0.4, -0.2) is 36.1 Å². The lowest BCUT2D eigenvalue weighted by atomic mass is 10.2. The molecule has 27 heavy (non-hydrogen) atoms. The van der Waals surface area contributed by atoms with Gasteiger partial charge < -0.3 is 4.90 Å². The number of aromatic nitrogens is 2. The number of hydrogen-bond acceptors (Lipinski definition) is 5. The number of thiophene rings is 1. The molecule has 2 heterocycles. The van der Waals surface area contributed by atoms with E-state index >= 15 is 0 Å². The average Bonchev–Trinajstić information content (AvgIpc) is 3.12. The Kier molecular flexibility index (Phi) is 4.72. The SMILES string of the molecule is CSc1cccc(Nc2nc3c(ccc4sc(C(=O)N(C)C)cc43)c[nH+]2)c1. The molecule has 7 heteroatoms. The molecule has 0 aliphatic carbocycles. The van der Waals surface area contributed by atoms with E-state index in [2.05, 4.69) is 28.7 Å². The number of anilines is 2. The fourth-order valence-electron chi connectivity index (χ4n) is 2.87. The lowest BCUT2D eigenvalue weighted by molar-refractivity contribution is -0.362. The van der Waals surface area contributed by atoms with Crippen LogP contribution < -0.4 is 10.3 Å². The van der Waals surface area contributed by atoms with Gasteiger partial charge in [0.2, 0.25) is 0 Å². The Balaban J connectivity index is 1.77. The molecule has 0 aliphatic heterocycles. The molecule has 4 rings (SSSR count). The Hall–Kier alpha value is -2.64. The molecule has 2 N–H and O–H groups in total. The summed E-state index contributed by atoms with van der Waals surface area (Å²) in [6.07, 6.45) is 3.99. The molecular weight excluding hydrogens is 376 g/mol. The molecule has 2 aromatic carbocycles. The van der Waals surface area contributed by atoms with Gasteiger partial charge in [-0.3, -0.25) is 4.79 Å². The lowest BCUT2D eigenvalue weighted by Gasteiger charge is -2.06. The van der Waals surface area contributed by atoms with Crippen molar-refractivity contribution in [2.24, 2.45) is 0 Å². The second kappa shape index (κ2) is 7.17. The third-order valence-electron chi connectivity index (χ3n) is 4.24. The number of aromatic amines is 1. The van der Waals surface area contributed by atoms with E-state index < -0.39 is 0 Å². The van der Waals surface area contributed by atoms with Crippen LogP contribution in [0.25, 0.3) is 21.0 Å². The maximum Gasteiger partial charge on any atom is 0.394 e. The fraction of sp³-hybridized carbons (Fsp3) is 0.150. The Labute approximate surface area is 165 Å². The number of thioether (sulfide) groups is 1. The highest BCUT2D eigenvalue weighted by molar-refractivity contribution is 7.98. The molecule has 2 aromatic heterocycles. The van der Waals surface area contributed by atoms with Crippen LogP contribution in [0.15, 0.2) is 53.6 Å². The number of H-pyrrole nitrogens is 1. The molecule has 0 unspecified atom stereocenters. The first-order chi connectivity index (χ1) is 13.0. The predicted molar refractivity (Wildman–Crippen MR) is 113 cm³/mol. The fourth-order valence-corrected chi connectivity index (χ4v) is 4.42. The summed E-state index contributed by atoms with van der Waals surface area (Å²) in [5.74, 6) is 0.680. The number of fused-ring (bicyclic) bond motifs is 3. The Morgan fingerprint density at radius 3 is 2.85 bits per heavy atom.